The molecule has 20 heavy (non-hydrogen) atoms. The maximum atomic E-state index is 11.7. The van der Waals surface area contributed by atoms with Crippen molar-refractivity contribution in [3.63, 3.8) is 0 Å². The average molecular weight is 301 g/mol. The molecule has 0 aromatic heterocycles. The monoisotopic (exact) mass is 301 g/mol. The van der Waals surface area contributed by atoms with Crippen molar-refractivity contribution in [1.29, 1.82) is 0 Å². The Kier molecular flexibility index (Phi) is 6.30. The first-order valence-corrected chi connectivity index (χ1v) is 8.03. The van der Waals surface area contributed by atoms with Crippen molar-refractivity contribution in [3.05, 3.63) is 24.3 Å². The van der Waals surface area contributed by atoms with Gasteiger partial charge < -0.3 is 9.84 Å². The summed E-state index contributed by atoms with van der Waals surface area (Å²) in [5.41, 5.74) is 0.434. The Morgan fingerprint density at radius 3 is 2.50 bits per heavy atom. The number of sulfonamides is 1. The molecular weight excluding hydrogens is 282 g/mol. The third-order valence-corrected chi connectivity index (χ3v) is 3.78. The van der Waals surface area contributed by atoms with E-state index in [-0.39, 0.29) is 18.6 Å². The van der Waals surface area contributed by atoms with Crippen LogP contribution in [0.2, 0.25) is 0 Å². The van der Waals surface area contributed by atoms with E-state index in [1.165, 1.54) is 0 Å². The van der Waals surface area contributed by atoms with E-state index in [1.54, 1.807) is 24.3 Å². The van der Waals surface area contributed by atoms with Crippen LogP contribution in [0, 0.1) is 0 Å². The fraction of sp³-hybridized carbons (Fsp3) is 0.462. The number of nitrogens with one attached hydrogen (secondary N) is 1. The SMILES string of the molecule is CCCOc1ccc(NS(=O)(=O)CCCC(=O)O)cc1. The van der Waals surface area contributed by atoms with E-state index in [0.29, 0.717) is 18.0 Å². The lowest BCUT2D eigenvalue weighted by Crippen LogP contribution is -2.17. The minimum atomic E-state index is -3.51. The van der Waals surface area contributed by atoms with E-state index in [4.69, 9.17) is 9.84 Å². The van der Waals surface area contributed by atoms with Gasteiger partial charge in [0.1, 0.15) is 5.75 Å². The normalized spacial score (nSPS) is 11.1. The van der Waals surface area contributed by atoms with Gasteiger partial charge in [0, 0.05) is 12.1 Å². The smallest absolute Gasteiger partial charge is 0.303 e. The highest BCUT2D eigenvalue weighted by molar-refractivity contribution is 7.92. The van der Waals surface area contributed by atoms with Crippen LogP contribution in [0.1, 0.15) is 26.2 Å². The fourth-order valence-electron chi connectivity index (χ4n) is 1.48. The predicted octanol–water partition coefficient (Wildman–Crippen LogP) is 2.08. The van der Waals surface area contributed by atoms with Gasteiger partial charge in [0.05, 0.1) is 12.4 Å². The number of carboxylic acid groups (broad SMARTS) is 1. The summed E-state index contributed by atoms with van der Waals surface area (Å²) in [4.78, 5) is 10.3. The highest BCUT2D eigenvalue weighted by Gasteiger charge is 2.11. The van der Waals surface area contributed by atoms with Crippen LogP contribution < -0.4 is 9.46 Å². The molecule has 0 saturated carbocycles. The van der Waals surface area contributed by atoms with E-state index >= 15 is 0 Å². The van der Waals surface area contributed by atoms with Crippen LogP contribution in [0.15, 0.2) is 24.3 Å². The molecule has 0 spiro atoms. The topological polar surface area (TPSA) is 92.7 Å². The molecule has 6 nitrogen and oxygen atoms in total. The van der Waals surface area contributed by atoms with Crippen LogP contribution in [0.5, 0.6) is 5.75 Å². The molecule has 0 heterocycles. The van der Waals surface area contributed by atoms with Crippen molar-refractivity contribution in [2.45, 2.75) is 26.2 Å². The molecule has 2 N–H and O–H groups in total. The minimum absolute atomic E-state index is 0.0857. The first kappa shape index (κ1) is 16.3. The Balaban J connectivity index is 2.52. The highest BCUT2D eigenvalue weighted by Crippen LogP contribution is 2.17. The van der Waals surface area contributed by atoms with E-state index in [2.05, 4.69) is 4.72 Å². The molecule has 1 aromatic carbocycles. The van der Waals surface area contributed by atoms with Crippen molar-refractivity contribution < 1.29 is 23.1 Å². The minimum Gasteiger partial charge on any atom is -0.494 e. The van der Waals surface area contributed by atoms with Gasteiger partial charge in [0.25, 0.3) is 0 Å². The van der Waals surface area contributed by atoms with Gasteiger partial charge >= 0.3 is 5.97 Å². The quantitative estimate of drug-likeness (QED) is 0.728. The maximum Gasteiger partial charge on any atom is 0.303 e. The Labute approximate surface area is 118 Å². The summed E-state index contributed by atoms with van der Waals surface area (Å²) < 4.78 is 31.2. The van der Waals surface area contributed by atoms with Gasteiger partial charge in [-0.15, -0.1) is 0 Å². The number of carboxylic acids is 1. The molecule has 7 heteroatoms. The summed E-state index contributed by atoms with van der Waals surface area (Å²) in [5, 5.41) is 8.47. The molecule has 0 saturated heterocycles. The van der Waals surface area contributed by atoms with Crippen LogP contribution in [0.3, 0.4) is 0 Å². The Morgan fingerprint density at radius 2 is 1.95 bits per heavy atom. The zero-order chi connectivity index (χ0) is 15.0. The second-order valence-corrected chi connectivity index (χ2v) is 6.13. The van der Waals surface area contributed by atoms with Crippen LogP contribution in [0.4, 0.5) is 5.69 Å². The lowest BCUT2D eigenvalue weighted by Gasteiger charge is -2.09. The van der Waals surface area contributed by atoms with Crippen molar-refractivity contribution in [1.82, 2.24) is 0 Å². The maximum absolute atomic E-state index is 11.7. The van der Waals surface area contributed by atoms with Gasteiger partial charge in [-0.25, -0.2) is 8.42 Å². The Morgan fingerprint density at radius 1 is 1.30 bits per heavy atom. The van der Waals surface area contributed by atoms with Gasteiger partial charge in [0.2, 0.25) is 10.0 Å². The molecule has 0 bridgehead atoms. The van der Waals surface area contributed by atoms with Gasteiger partial charge in [-0.05, 0) is 37.1 Å². The molecule has 1 aromatic rings. The van der Waals surface area contributed by atoms with Crippen LogP contribution >= 0.6 is 0 Å². The van der Waals surface area contributed by atoms with Gasteiger partial charge in [-0.3, -0.25) is 9.52 Å². The summed E-state index contributed by atoms with van der Waals surface area (Å²) in [6.07, 6.45) is 0.824. The number of hydrogen-bond donors (Lipinski definition) is 2. The number of ether oxygens (including phenoxy) is 1. The summed E-state index contributed by atoms with van der Waals surface area (Å²) >= 11 is 0. The molecule has 0 unspecified atom stereocenters. The molecule has 0 amide bonds. The van der Waals surface area contributed by atoms with Gasteiger partial charge in [0.15, 0.2) is 0 Å². The molecule has 0 aliphatic carbocycles. The van der Waals surface area contributed by atoms with Crippen LogP contribution in [-0.2, 0) is 14.8 Å². The van der Waals surface area contributed by atoms with Crippen molar-refractivity contribution in [2.75, 3.05) is 17.1 Å². The predicted molar refractivity (Wildman–Crippen MR) is 76.5 cm³/mol. The largest absolute Gasteiger partial charge is 0.494 e. The van der Waals surface area contributed by atoms with Gasteiger partial charge in [-0.2, -0.15) is 0 Å². The number of hydrogen-bond acceptors (Lipinski definition) is 4. The van der Waals surface area contributed by atoms with Crippen molar-refractivity contribution in [2.24, 2.45) is 0 Å². The van der Waals surface area contributed by atoms with Gasteiger partial charge in [-0.1, -0.05) is 6.92 Å². The number of aliphatic carboxylic acids is 1. The first-order chi connectivity index (χ1) is 9.43. The summed E-state index contributed by atoms with van der Waals surface area (Å²) in [6.45, 7) is 2.61. The van der Waals surface area contributed by atoms with Crippen LogP contribution in [0.25, 0.3) is 0 Å². The standard InChI is InChI=1S/C13H19NO5S/c1-2-9-19-12-7-5-11(6-8-12)14-20(17,18)10-3-4-13(15)16/h5-8,14H,2-4,9-10H2,1H3,(H,15,16). The molecule has 0 aliphatic rings. The number of rotatable bonds is 9. The first-order valence-electron chi connectivity index (χ1n) is 6.38. The average Bonchev–Trinajstić information content (AvgIpc) is 2.37. The zero-order valence-corrected chi connectivity index (χ0v) is 12.1. The Hall–Kier alpha value is -1.76. The summed E-state index contributed by atoms with van der Waals surface area (Å²) in [7, 11) is -3.51. The lowest BCUT2D eigenvalue weighted by atomic mass is 10.3. The molecule has 0 atom stereocenters. The third-order valence-electron chi connectivity index (χ3n) is 2.40. The van der Waals surface area contributed by atoms with E-state index in [0.717, 1.165) is 6.42 Å². The second-order valence-electron chi connectivity index (χ2n) is 4.29. The molecule has 1 rings (SSSR count). The van der Waals surface area contributed by atoms with E-state index in [9.17, 15) is 13.2 Å². The van der Waals surface area contributed by atoms with Crippen LogP contribution in [-0.4, -0.2) is 31.9 Å². The second kappa shape index (κ2) is 7.74. The molecule has 112 valence electrons. The molecular formula is C13H19NO5S. The van der Waals surface area contributed by atoms with E-state index < -0.39 is 16.0 Å². The number of benzene rings is 1. The summed E-state index contributed by atoms with van der Waals surface area (Å²) in [6, 6.07) is 6.59. The van der Waals surface area contributed by atoms with Crippen molar-refractivity contribution in [3.8, 4) is 5.75 Å². The van der Waals surface area contributed by atoms with Crippen molar-refractivity contribution >= 4 is 21.7 Å². The Bertz CT molecular complexity index is 524. The number of anilines is 1. The fourth-order valence-corrected chi connectivity index (χ4v) is 2.60. The lowest BCUT2D eigenvalue weighted by molar-refractivity contribution is -0.137. The summed E-state index contributed by atoms with van der Waals surface area (Å²) in [5.74, 6) is -0.536. The third kappa shape index (κ3) is 6.42. The highest BCUT2D eigenvalue weighted by atomic mass is 32.2. The van der Waals surface area contributed by atoms with E-state index in [1.807, 2.05) is 6.92 Å². The number of carbonyl (C=O) groups is 1. The molecule has 0 fully saturated rings. The molecule has 0 aliphatic heterocycles. The zero-order valence-electron chi connectivity index (χ0n) is 11.3. The molecule has 0 radical (unpaired) electrons.